The fraction of sp³-hybridized carbons (Fsp3) is 0.923. The topological polar surface area (TPSA) is 41.6 Å². The molecule has 4 heteroatoms. The molecular formula is C13H28IN3. The van der Waals surface area contributed by atoms with Crippen LogP contribution in [0.4, 0.5) is 0 Å². The monoisotopic (exact) mass is 353 g/mol. The predicted molar refractivity (Wildman–Crippen MR) is 86.0 cm³/mol. The van der Waals surface area contributed by atoms with Gasteiger partial charge in [-0.3, -0.25) is 4.99 Å². The number of aliphatic imine (C=N–C) groups is 1. The number of halogens is 1. The first-order valence-electron chi connectivity index (χ1n) is 6.43. The van der Waals surface area contributed by atoms with Crippen LogP contribution in [0, 0.1) is 5.41 Å². The SMILES string of the molecule is CN(C(N)=NCCCCC(C)(C)C)C1CC1.I. The molecule has 1 rings (SSSR count). The van der Waals surface area contributed by atoms with Crippen molar-refractivity contribution in [1.29, 1.82) is 0 Å². The Morgan fingerprint density at radius 3 is 2.35 bits per heavy atom. The number of hydrogen-bond donors (Lipinski definition) is 1. The number of guanidine groups is 1. The van der Waals surface area contributed by atoms with Crippen LogP contribution in [0.25, 0.3) is 0 Å². The molecule has 0 saturated heterocycles. The summed E-state index contributed by atoms with van der Waals surface area (Å²) in [6, 6.07) is 0.665. The Labute approximate surface area is 123 Å². The highest BCUT2D eigenvalue weighted by molar-refractivity contribution is 14.0. The van der Waals surface area contributed by atoms with Crippen molar-refractivity contribution in [2.24, 2.45) is 16.1 Å². The van der Waals surface area contributed by atoms with Gasteiger partial charge in [-0.05, 0) is 31.1 Å². The lowest BCUT2D eigenvalue weighted by molar-refractivity contribution is 0.361. The van der Waals surface area contributed by atoms with Crippen molar-refractivity contribution >= 4 is 29.9 Å². The van der Waals surface area contributed by atoms with E-state index in [0.717, 1.165) is 18.9 Å². The summed E-state index contributed by atoms with van der Waals surface area (Å²) in [6.45, 7) is 7.72. The third kappa shape index (κ3) is 7.84. The van der Waals surface area contributed by atoms with Crippen molar-refractivity contribution < 1.29 is 0 Å². The highest BCUT2D eigenvalue weighted by Gasteiger charge is 2.27. The van der Waals surface area contributed by atoms with Crippen molar-refractivity contribution in [3.8, 4) is 0 Å². The van der Waals surface area contributed by atoms with Gasteiger partial charge in [-0.1, -0.05) is 27.2 Å². The lowest BCUT2D eigenvalue weighted by atomic mass is 9.90. The average molecular weight is 353 g/mol. The second-order valence-electron chi connectivity index (χ2n) is 6.10. The summed E-state index contributed by atoms with van der Waals surface area (Å²) >= 11 is 0. The van der Waals surface area contributed by atoms with Crippen LogP contribution in [0.15, 0.2) is 4.99 Å². The zero-order chi connectivity index (χ0) is 12.2. The van der Waals surface area contributed by atoms with E-state index in [1.807, 2.05) is 7.05 Å². The van der Waals surface area contributed by atoms with Crippen LogP contribution >= 0.6 is 24.0 Å². The molecule has 3 nitrogen and oxygen atoms in total. The van der Waals surface area contributed by atoms with Gasteiger partial charge < -0.3 is 10.6 Å². The van der Waals surface area contributed by atoms with Gasteiger partial charge in [0.1, 0.15) is 0 Å². The molecule has 0 aromatic carbocycles. The number of nitrogens with zero attached hydrogens (tertiary/aromatic N) is 2. The molecule has 1 aliphatic rings. The van der Waals surface area contributed by atoms with Crippen molar-refractivity contribution in [1.82, 2.24) is 4.90 Å². The zero-order valence-electron chi connectivity index (χ0n) is 11.7. The normalized spacial score (nSPS) is 16.6. The van der Waals surface area contributed by atoms with E-state index in [1.54, 1.807) is 0 Å². The van der Waals surface area contributed by atoms with E-state index in [2.05, 4.69) is 30.7 Å². The van der Waals surface area contributed by atoms with Crippen molar-refractivity contribution in [3.63, 3.8) is 0 Å². The summed E-state index contributed by atoms with van der Waals surface area (Å²) in [4.78, 5) is 6.54. The molecule has 0 unspecified atom stereocenters. The van der Waals surface area contributed by atoms with Gasteiger partial charge in [-0.25, -0.2) is 0 Å². The van der Waals surface area contributed by atoms with Crippen molar-refractivity contribution in [3.05, 3.63) is 0 Å². The van der Waals surface area contributed by atoms with E-state index < -0.39 is 0 Å². The van der Waals surface area contributed by atoms with Gasteiger partial charge in [-0.15, -0.1) is 24.0 Å². The van der Waals surface area contributed by atoms with E-state index in [-0.39, 0.29) is 24.0 Å². The molecule has 2 N–H and O–H groups in total. The number of unbranched alkanes of at least 4 members (excludes halogenated alkanes) is 1. The Morgan fingerprint density at radius 2 is 1.88 bits per heavy atom. The molecule has 0 aliphatic heterocycles. The molecule has 0 atom stereocenters. The minimum atomic E-state index is 0. The molecule has 1 saturated carbocycles. The van der Waals surface area contributed by atoms with Crippen LogP contribution in [-0.2, 0) is 0 Å². The van der Waals surface area contributed by atoms with E-state index in [9.17, 15) is 0 Å². The first-order chi connectivity index (χ1) is 7.40. The van der Waals surface area contributed by atoms with Gasteiger partial charge in [0.2, 0.25) is 0 Å². The molecule has 17 heavy (non-hydrogen) atoms. The van der Waals surface area contributed by atoms with E-state index in [4.69, 9.17) is 5.73 Å². The summed E-state index contributed by atoms with van der Waals surface area (Å²) in [5.41, 5.74) is 6.35. The average Bonchev–Trinajstić information content (AvgIpc) is 2.97. The van der Waals surface area contributed by atoms with Crippen LogP contribution in [-0.4, -0.2) is 30.5 Å². The highest BCUT2D eigenvalue weighted by Crippen LogP contribution is 2.25. The van der Waals surface area contributed by atoms with Gasteiger partial charge in [0.15, 0.2) is 5.96 Å². The summed E-state index contributed by atoms with van der Waals surface area (Å²) < 4.78 is 0. The van der Waals surface area contributed by atoms with Crippen LogP contribution in [0.2, 0.25) is 0 Å². The Kier molecular flexibility index (Phi) is 7.44. The molecule has 1 aliphatic carbocycles. The first kappa shape index (κ1) is 17.0. The van der Waals surface area contributed by atoms with Crippen LogP contribution in [0.1, 0.15) is 52.9 Å². The van der Waals surface area contributed by atoms with Gasteiger partial charge in [0.05, 0.1) is 0 Å². The fourth-order valence-electron chi connectivity index (χ4n) is 1.72. The number of hydrogen-bond acceptors (Lipinski definition) is 1. The predicted octanol–water partition coefficient (Wildman–Crippen LogP) is 3.23. The summed E-state index contributed by atoms with van der Waals surface area (Å²) in [5.74, 6) is 0.721. The van der Waals surface area contributed by atoms with E-state index >= 15 is 0 Å². The molecule has 0 amide bonds. The molecule has 102 valence electrons. The Morgan fingerprint density at radius 1 is 1.29 bits per heavy atom. The van der Waals surface area contributed by atoms with Crippen molar-refractivity contribution in [2.75, 3.05) is 13.6 Å². The zero-order valence-corrected chi connectivity index (χ0v) is 14.0. The molecule has 0 spiro atoms. The van der Waals surface area contributed by atoms with Gasteiger partial charge in [0, 0.05) is 19.6 Å². The minimum absolute atomic E-state index is 0. The van der Waals surface area contributed by atoms with Crippen LogP contribution in [0.5, 0.6) is 0 Å². The number of nitrogens with two attached hydrogens (primary N) is 1. The van der Waals surface area contributed by atoms with Gasteiger partial charge in [-0.2, -0.15) is 0 Å². The lowest BCUT2D eigenvalue weighted by Gasteiger charge is -2.18. The maximum atomic E-state index is 5.90. The third-order valence-corrected chi connectivity index (χ3v) is 3.06. The third-order valence-electron chi connectivity index (χ3n) is 3.06. The molecule has 0 bridgehead atoms. The van der Waals surface area contributed by atoms with Crippen LogP contribution in [0.3, 0.4) is 0 Å². The second kappa shape index (κ2) is 7.44. The van der Waals surface area contributed by atoms with Crippen molar-refractivity contribution in [2.45, 2.75) is 58.9 Å². The molecule has 0 heterocycles. The fourth-order valence-corrected chi connectivity index (χ4v) is 1.72. The maximum Gasteiger partial charge on any atom is 0.191 e. The maximum absolute atomic E-state index is 5.90. The van der Waals surface area contributed by atoms with Gasteiger partial charge >= 0.3 is 0 Å². The first-order valence-corrected chi connectivity index (χ1v) is 6.43. The Balaban J connectivity index is 0.00000256. The standard InChI is InChI=1S/C13H27N3.HI/c1-13(2,3)9-5-6-10-15-12(14)16(4)11-7-8-11;/h11H,5-10H2,1-4H3,(H2,14,15);1H. The van der Waals surface area contributed by atoms with Gasteiger partial charge in [0.25, 0.3) is 0 Å². The molecular weight excluding hydrogens is 325 g/mol. The highest BCUT2D eigenvalue weighted by atomic mass is 127. The largest absolute Gasteiger partial charge is 0.370 e. The summed E-state index contributed by atoms with van der Waals surface area (Å²) in [5, 5.41) is 0. The minimum Gasteiger partial charge on any atom is -0.370 e. The smallest absolute Gasteiger partial charge is 0.191 e. The van der Waals surface area contributed by atoms with E-state index in [1.165, 1.54) is 25.7 Å². The van der Waals surface area contributed by atoms with Crippen LogP contribution < -0.4 is 5.73 Å². The Bertz CT molecular complexity index is 242. The summed E-state index contributed by atoms with van der Waals surface area (Å²) in [6.07, 6.45) is 6.21. The summed E-state index contributed by atoms with van der Waals surface area (Å²) in [7, 11) is 2.05. The molecule has 0 aromatic rings. The Hall–Kier alpha value is 0. The van der Waals surface area contributed by atoms with E-state index in [0.29, 0.717) is 11.5 Å². The molecule has 1 fully saturated rings. The molecule has 0 radical (unpaired) electrons. The molecule has 0 aromatic heterocycles. The quantitative estimate of drug-likeness (QED) is 0.357. The lowest BCUT2D eigenvalue weighted by Crippen LogP contribution is -2.35. The number of rotatable bonds is 5. The second-order valence-corrected chi connectivity index (χ2v) is 6.10.